The van der Waals surface area contributed by atoms with Gasteiger partial charge in [0.1, 0.15) is 17.1 Å². The molecule has 2 rings (SSSR count). The number of benzene rings is 1. The van der Waals surface area contributed by atoms with Crippen LogP contribution in [0.2, 0.25) is 0 Å². The molecule has 0 bridgehead atoms. The number of esters is 1. The van der Waals surface area contributed by atoms with Crippen molar-refractivity contribution in [2.45, 2.75) is 13.0 Å². The fourth-order valence-electron chi connectivity index (χ4n) is 1.86. The van der Waals surface area contributed by atoms with E-state index < -0.39 is 5.97 Å². The second-order valence-corrected chi connectivity index (χ2v) is 4.14. The topological polar surface area (TPSA) is 53.4 Å². The van der Waals surface area contributed by atoms with Gasteiger partial charge in [0.15, 0.2) is 6.10 Å². The Hall–Kier alpha value is -2.30. The van der Waals surface area contributed by atoms with Gasteiger partial charge in [0, 0.05) is 19.4 Å². The third-order valence-electron chi connectivity index (χ3n) is 2.82. The molecule has 1 aromatic carbocycles. The molecule has 0 spiro atoms. The van der Waals surface area contributed by atoms with E-state index in [0.29, 0.717) is 11.3 Å². The summed E-state index contributed by atoms with van der Waals surface area (Å²) in [5, 5.41) is 0. The van der Waals surface area contributed by atoms with Gasteiger partial charge >= 0.3 is 5.97 Å². The van der Waals surface area contributed by atoms with Crippen molar-refractivity contribution < 1.29 is 14.3 Å². The zero-order valence-corrected chi connectivity index (χ0v) is 11.2. The van der Waals surface area contributed by atoms with Gasteiger partial charge in [-0.1, -0.05) is 12.1 Å². The van der Waals surface area contributed by atoms with Crippen molar-refractivity contribution in [1.29, 1.82) is 0 Å². The van der Waals surface area contributed by atoms with Crippen molar-refractivity contribution in [3.05, 3.63) is 48.0 Å². The summed E-state index contributed by atoms with van der Waals surface area (Å²) in [6, 6.07) is 7.00. The molecule has 5 heteroatoms. The highest BCUT2D eigenvalue weighted by atomic mass is 16.5. The molecule has 0 N–H and O–H groups in total. The van der Waals surface area contributed by atoms with E-state index in [0.717, 1.165) is 5.82 Å². The molecule has 0 aliphatic carbocycles. The fraction of sp³-hybridized carbons (Fsp3) is 0.286. The number of aryl methyl sites for hydroxylation is 1. The fourth-order valence-corrected chi connectivity index (χ4v) is 1.86. The predicted molar refractivity (Wildman–Crippen MR) is 70.0 cm³/mol. The lowest BCUT2D eigenvalue weighted by Gasteiger charge is -2.16. The smallest absolute Gasteiger partial charge is 0.341 e. The summed E-state index contributed by atoms with van der Waals surface area (Å²) in [6.07, 6.45) is 3.30. The third kappa shape index (κ3) is 2.76. The summed E-state index contributed by atoms with van der Waals surface area (Å²) in [6.45, 7) is 1.89. The van der Waals surface area contributed by atoms with Gasteiger partial charge in [-0.25, -0.2) is 9.78 Å². The zero-order chi connectivity index (χ0) is 13.8. The number of para-hydroxylation sites is 1. The molecule has 1 aromatic heterocycles. The van der Waals surface area contributed by atoms with Gasteiger partial charge in [-0.2, -0.15) is 0 Å². The Kier molecular flexibility index (Phi) is 3.85. The largest absolute Gasteiger partial charge is 0.482 e. The number of ether oxygens (including phenoxy) is 2. The molecule has 0 saturated heterocycles. The lowest BCUT2D eigenvalue weighted by molar-refractivity contribution is 0.0593. The van der Waals surface area contributed by atoms with Gasteiger partial charge in [-0.3, -0.25) is 0 Å². The molecule has 100 valence electrons. The van der Waals surface area contributed by atoms with Gasteiger partial charge in [-0.05, 0) is 19.1 Å². The molecule has 5 nitrogen and oxygen atoms in total. The van der Waals surface area contributed by atoms with Crippen LogP contribution in [0, 0.1) is 0 Å². The highest BCUT2D eigenvalue weighted by Gasteiger charge is 2.17. The maximum Gasteiger partial charge on any atom is 0.341 e. The van der Waals surface area contributed by atoms with Gasteiger partial charge < -0.3 is 14.0 Å². The Morgan fingerprint density at radius 1 is 1.37 bits per heavy atom. The number of nitrogens with zero attached hydrogens (tertiary/aromatic N) is 2. The van der Waals surface area contributed by atoms with Crippen molar-refractivity contribution in [1.82, 2.24) is 9.55 Å². The summed E-state index contributed by atoms with van der Waals surface area (Å²) in [5.41, 5.74) is 0.408. The van der Waals surface area contributed by atoms with Gasteiger partial charge in [0.05, 0.1) is 7.11 Å². The number of carbonyl (C=O) groups excluding carboxylic acids is 1. The van der Waals surface area contributed by atoms with Crippen LogP contribution in [0.4, 0.5) is 0 Å². The highest BCUT2D eigenvalue weighted by Crippen LogP contribution is 2.24. The molecule has 1 heterocycles. The number of imidazole rings is 1. The quantitative estimate of drug-likeness (QED) is 0.792. The number of hydrogen-bond acceptors (Lipinski definition) is 4. The maximum atomic E-state index is 11.6. The van der Waals surface area contributed by atoms with Crippen LogP contribution in [0.1, 0.15) is 29.2 Å². The van der Waals surface area contributed by atoms with Crippen molar-refractivity contribution in [3.63, 3.8) is 0 Å². The van der Waals surface area contributed by atoms with E-state index in [2.05, 4.69) is 4.98 Å². The Labute approximate surface area is 111 Å². The first-order valence-corrected chi connectivity index (χ1v) is 5.94. The minimum atomic E-state index is -0.414. The average molecular weight is 260 g/mol. The minimum absolute atomic E-state index is 0.259. The first-order chi connectivity index (χ1) is 9.13. The molecule has 1 atom stereocenters. The van der Waals surface area contributed by atoms with Gasteiger partial charge in [0.25, 0.3) is 0 Å². The van der Waals surface area contributed by atoms with E-state index in [1.807, 2.05) is 30.8 Å². The number of hydrogen-bond donors (Lipinski definition) is 0. The number of methoxy groups -OCH3 is 1. The molecule has 19 heavy (non-hydrogen) atoms. The number of aromatic nitrogens is 2. The van der Waals surface area contributed by atoms with Crippen LogP contribution in [0.15, 0.2) is 36.7 Å². The third-order valence-corrected chi connectivity index (χ3v) is 2.82. The summed E-state index contributed by atoms with van der Waals surface area (Å²) < 4.78 is 12.4. The van der Waals surface area contributed by atoms with E-state index in [-0.39, 0.29) is 6.10 Å². The van der Waals surface area contributed by atoms with Crippen molar-refractivity contribution >= 4 is 5.97 Å². The average Bonchev–Trinajstić information content (AvgIpc) is 2.85. The molecule has 0 aliphatic rings. The lowest BCUT2D eigenvalue weighted by atomic mass is 10.2. The van der Waals surface area contributed by atoms with Crippen LogP contribution in [0.25, 0.3) is 0 Å². The lowest BCUT2D eigenvalue weighted by Crippen LogP contribution is -2.12. The Morgan fingerprint density at radius 3 is 2.74 bits per heavy atom. The Morgan fingerprint density at radius 2 is 2.11 bits per heavy atom. The molecular weight excluding hydrogens is 244 g/mol. The number of rotatable bonds is 4. The van der Waals surface area contributed by atoms with Crippen LogP contribution in [0.5, 0.6) is 5.75 Å². The number of carbonyl (C=O) groups is 1. The van der Waals surface area contributed by atoms with E-state index in [1.165, 1.54) is 7.11 Å². The first kappa shape index (κ1) is 13.1. The van der Waals surface area contributed by atoms with E-state index in [1.54, 1.807) is 24.4 Å². The highest BCUT2D eigenvalue weighted by molar-refractivity contribution is 5.92. The molecule has 0 saturated carbocycles. The van der Waals surface area contributed by atoms with Crippen LogP contribution in [0.3, 0.4) is 0 Å². The molecule has 0 fully saturated rings. The summed E-state index contributed by atoms with van der Waals surface area (Å²) in [4.78, 5) is 15.9. The summed E-state index contributed by atoms with van der Waals surface area (Å²) in [5.74, 6) is 0.868. The first-order valence-electron chi connectivity index (χ1n) is 5.94. The summed E-state index contributed by atoms with van der Waals surface area (Å²) >= 11 is 0. The molecular formula is C14H16N2O3. The molecule has 0 amide bonds. The van der Waals surface area contributed by atoms with Crippen molar-refractivity contribution in [2.24, 2.45) is 7.05 Å². The van der Waals surface area contributed by atoms with Crippen LogP contribution < -0.4 is 4.74 Å². The normalized spacial score (nSPS) is 11.9. The molecule has 0 aliphatic heterocycles. The Balaban J connectivity index is 2.24. The van der Waals surface area contributed by atoms with Gasteiger partial charge in [-0.15, -0.1) is 0 Å². The monoisotopic (exact) mass is 260 g/mol. The van der Waals surface area contributed by atoms with Gasteiger partial charge in [0.2, 0.25) is 0 Å². The predicted octanol–water partition coefficient (Wildman–Crippen LogP) is 2.35. The van der Waals surface area contributed by atoms with Crippen molar-refractivity contribution in [3.8, 4) is 5.75 Å². The molecule has 0 radical (unpaired) electrons. The van der Waals surface area contributed by atoms with Crippen LogP contribution in [-0.2, 0) is 11.8 Å². The standard InChI is InChI=1S/C14H16N2O3/c1-10(13-15-8-9-16(13)2)19-12-7-5-4-6-11(12)14(17)18-3/h4-10H,1-3H3. The Bertz CT molecular complexity index is 578. The molecule has 2 aromatic rings. The van der Waals surface area contributed by atoms with Crippen LogP contribution >= 0.6 is 0 Å². The van der Waals surface area contributed by atoms with Crippen LogP contribution in [-0.4, -0.2) is 22.6 Å². The summed E-state index contributed by atoms with van der Waals surface area (Å²) in [7, 11) is 3.25. The minimum Gasteiger partial charge on any atom is -0.482 e. The zero-order valence-electron chi connectivity index (χ0n) is 11.2. The van der Waals surface area contributed by atoms with E-state index >= 15 is 0 Å². The van der Waals surface area contributed by atoms with E-state index in [9.17, 15) is 4.79 Å². The van der Waals surface area contributed by atoms with Crippen molar-refractivity contribution in [2.75, 3.05) is 7.11 Å². The maximum absolute atomic E-state index is 11.6. The SMILES string of the molecule is COC(=O)c1ccccc1OC(C)c1nccn1C. The second kappa shape index (κ2) is 5.56. The van der Waals surface area contributed by atoms with E-state index in [4.69, 9.17) is 9.47 Å². The molecule has 1 unspecified atom stereocenters. The second-order valence-electron chi connectivity index (χ2n) is 4.14.